The zero-order valence-electron chi connectivity index (χ0n) is 11.7. The van der Waals surface area contributed by atoms with Crippen LogP contribution in [0.3, 0.4) is 0 Å². The molecular formula is C17H16N2OS. The van der Waals surface area contributed by atoms with E-state index in [1.165, 1.54) is 4.90 Å². The smallest absolute Gasteiger partial charge is 0.227 e. The summed E-state index contributed by atoms with van der Waals surface area (Å²) in [5.74, 6) is 1.39. The van der Waals surface area contributed by atoms with E-state index < -0.39 is 0 Å². The fourth-order valence-corrected chi connectivity index (χ4v) is 2.63. The van der Waals surface area contributed by atoms with Gasteiger partial charge in [0.2, 0.25) is 5.88 Å². The first kappa shape index (κ1) is 13.9. The highest BCUT2D eigenvalue weighted by atomic mass is 32.2. The summed E-state index contributed by atoms with van der Waals surface area (Å²) in [6.45, 7) is 0.468. The van der Waals surface area contributed by atoms with Crippen LogP contribution >= 0.6 is 11.8 Å². The van der Waals surface area contributed by atoms with Gasteiger partial charge in [-0.1, -0.05) is 18.2 Å². The minimum Gasteiger partial charge on any atom is -0.438 e. The van der Waals surface area contributed by atoms with Gasteiger partial charge in [0, 0.05) is 23.0 Å². The zero-order chi connectivity index (χ0) is 14.7. The van der Waals surface area contributed by atoms with E-state index in [0.29, 0.717) is 12.4 Å². The molecular weight excluding hydrogens is 280 g/mol. The summed E-state index contributed by atoms with van der Waals surface area (Å²) in [5.41, 5.74) is 6.79. The third-order valence-electron chi connectivity index (χ3n) is 3.33. The van der Waals surface area contributed by atoms with Crippen molar-refractivity contribution in [1.29, 1.82) is 0 Å². The van der Waals surface area contributed by atoms with E-state index in [9.17, 15) is 0 Å². The third kappa shape index (κ3) is 2.86. The quantitative estimate of drug-likeness (QED) is 0.733. The third-order valence-corrected chi connectivity index (χ3v) is 4.08. The molecule has 3 aromatic rings. The number of fused-ring (bicyclic) bond motifs is 1. The van der Waals surface area contributed by atoms with Gasteiger partial charge in [0.25, 0.3) is 0 Å². The second-order valence-electron chi connectivity index (χ2n) is 4.62. The Morgan fingerprint density at radius 2 is 1.76 bits per heavy atom. The highest BCUT2D eigenvalue weighted by molar-refractivity contribution is 7.98. The fourth-order valence-electron chi connectivity index (χ4n) is 2.22. The maximum atomic E-state index is 5.93. The van der Waals surface area contributed by atoms with Gasteiger partial charge in [-0.25, -0.2) is 4.98 Å². The number of pyridine rings is 1. The van der Waals surface area contributed by atoms with Crippen molar-refractivity contribution in [2.75, 3.05) is 6.26 Å². The van der Waals surface area contributed by atoms with Crippen LogP contribution in [0, 0.1) is 0 Å². The summed E-state index contributed by atoms with van der Waals surface area (Å²) in [6, 6.07) is 16.0. The van der Waals surface area contributed by atoms with Gasteiger partial charge in [-0.3, -0.25) is 0 Å². The minimum atomic E-state index is 0.468. The molecule has 0 bridgehead atoms. The summed E-state index contributed by atoms with van der Waals surface area (Å²) >= 11 is 1.71. The molecule has 2 aromatic carbocycles. The molecule has 0 radical (unpaired) electrons. The molecule has 106 valence electrons. The number of rotatable bonds is 4. The van der Waals surface area contributed by atoms with Crippen LogP contribution in [0.5, 0.6) is 11.6 Å². The molecule has 0 saturated heterocycles. The molecule has 0 aliphatic rings. The molecule has 2 N–H and O–H groups in total. The van der Waals surface area contributed by atoms with Crippen LogP contribution < -0.4 is 10.5 Å². The topological polar surface area (TPSA) is 48.1 Å². The second kappa shape index (κ2) is 6.16. The normalized spacial score (nSPS) is 10.8. The first-order chi connectivity index (χ1) is 10.3. The van der Waals surface area contributed by atoms with E-state index in [4.69, 9.17) is 10.5 Å². The zero-order valence-corrected chi connectivity index (χ0v) is 12.6. The van der Waals surface area contributed by atoms with Crippen molar-refractivity contribution in [1.82, 2.24) is 4.98 Å². The number of nitrogens with zero attached hydrogens (tertiary/aromatic N) is 1. The van der Waals surface area contributed by atoms with Crippen LogP contribution in [0.2, 0.25) is 0 Å². The molecule has 21 heavy (non-hydrogen) atoms. The van der Waals surface area contributed by atoms with Crippen molar-refractivity contribution in [3.63, 3.8) is 0 Å². The van der Waals surface area contributed by atoms with Gasteiger partial charge >= 0.3 is 0 Å². The van der Waals surface area contributed by atoms with Crippen molar-refractivity contribution in [3.8, 4) is 11.6 Å². The van der Waals surface area contributed by atoms with Crippen LogP contribution in [0.4, 0.5) is 0 Å². The average Bonchev–Trinajstić information content (AvgIpc) is 2.56. The number of hydrogen-bond donors (Lipinski definition) is 1. The Morgan fingerprint density at radius 3 is 2.43 bits per heavy atom. The first-order valence-electron chi connectivity index (χ1n) is 6.70. The van der Waals surface area contributed by atoms with Crippen LogP contribution in [0.25, 0.3) is 10.8 Å². The molecule has 1 heterocycles. The number of nitrogens with two attached hydrogens (primary N) is 1. The molecule has 0 unspecified atom stereocenters. The minimum absolute atomic E-state index is 0.468. The molecule has 0 aliphatic heterocycles. The highest BCUT2D eigenvalue weighted by Crippen LogP contribution is 2.30. The second-order valence-corrected chi connectivity index (χ2v) is 5.50. The molecule has 3 nitrogen and oxygen atoms in total. The molecule has 4 heteroatoms. The predicted molar refractivity (Wildman–Crippen MR) is 87.9 cm³/mol. The lowest BCUT2D eigenvalue weighted by molar-refractivity contribution is 0.468. The Morgan fingerprint density at radius 1 is 1.05 bits per heavy atom. The van der Waals surface area contributed by atoms with E-state index in [1.54, 1.807) is 18.0 Å². The molecule has 0 amide bonds. The van der Waals surface area contributed by atoms with Crippen LogP contribution in [0.1, 0.15) is 5.56 Å². The Bertz CT molecular complexity index is 756. The van der Waals surface area contributed by atoms with Crippen molar-refractivity contribution >= 4 is 22.5 Å². The lowest BCUT2D eigenvalue weighted by Crippen LogP contribution is -1.99. The molecule has 0 aliphatic carbocycles. The van der Waals surface area contributed by atoms with Crippen molar-refractivity contribution in [2.24, 2.45) is 5.73 Å². The maximum Gasteiger partial charge on any atom is 0.227 e. The highest BCUT2D eigenvalue weighted by Gasteiger charge is 2.08. The summed E-state index contributed by atoms with van der Waals surface area (Å²) in [4.78, 5) is 5.62. The summed E-state index contributed by atoms with van der Waals surface area (Å²) in [7, 11) is 0. The van der Waals surface area contributed by atoms with Gasteiger partial charge in [-0.05, 0) is 47.5 Å². The fraction of sp³-hybridized carbons (Fsp3) is 0.118. The van der Waals surface area contributed by atoms with Gasteiger partial charge in [0.1, 0.15) is 5.75 Å². The molecule has 0 spiro atoms. The van der Waals surface area contributed by atoms with Crippen molar-refractivity contribution in [2.45, 2.75) is 11.4 Å². The van der Waals surface area contributed by atoms with E-state index in [1.807, 2.05) is 48.5 Å². The van der Waals surface area contributed by atoms with Crippen molar-refractivity contribution in [3.05, 3.63) is 60.3 Å². The molecule has 3 rings (SSSR count). The molecule has 0 saturated carbocycles. The lowest BCUT2D eigenvalue weighted by Gasteiger charge is -2.10. The van der Waals surface area contributed by atoms with Gasteiger partial charge in [0.05, 0.1) is 0 Å². The lowest BCUT2D eigenvalue weighted by atomic mass is 10.1. The number of benzene rings is 2. The number of hydrogen-bond acceptors (Lipinski definition) is 4. The Balaban J connectivity index is 2.00. The van der Waals surface area contributed by atoms with Gasteiger partial charge in [-0.2, -0.15) is 0 Å². The number of thioether (sulfide) groups is 1. The van der Waals surface area contributed by atoms with Gasteiger partial charge < -0.3 is 10.5 Å². The molecule has 0 fully saturated rings. The first-order valence-corrected chi connectivity index (χ1v) is 7.93. The SMILES string of the molecule is CSc1ccc(Oc2ncc(CN)c3ccccc23)cc1. The number of ether oxygens (including phenoxy) is 1. The average molecular weight is 296 g/mol. The van der Waals surface area contributed by atoms with E-state index in [0.717, 1.165) is 22.1 Å². The van der Waals surface area contributed by atoms with Gasteiger partial charge in [-0.15, -0.1) is 11.8 Å². The van der Waals surface area contributed by atoms with Crippen LogP contribution in [-0.4, -0.2) is 11.2 Å². The Labute approximate surface area is 128 Å². The van der Waals surface area contributed by atoms with Crippen molar-refractivity contribution < 1.29 is 4.74 Å². The summed E-state index contributed by atoms with van der Waals surface area (Å²) in [5, 5.41) is 2.07. The summed E-state index contributed by atoms with van der Waals surface area (Å²) < 4.78 is 5.93. The Kier molecular flexibility index (Phi) is 4.08. The van der Waals surface area contributed by atoms with E-state index in [2.05, 4.69) is 11.2 Å². The Hall–Kier alpha value is -2.04. The number of aromatic nitrogens is 1. The van der Waals surface area contributed by atoms with Crippen LogP contribution in [0.15, 0.2) is 59.6 Å². The van der Waals surface area contributed by atoms with Gasteiger partial charge in [0.15, 0.2) is 0 Å². The van der Waals surface area contributed by atoms with E-state index >= 15 is 0 Å². The standard InChI is InChI=1S/C17H16N2OS/c1-21-14-8-6-13(7-9-14)20-17-16-5-3-2-4-15(16)12(10-18)11-19-17/h2-9,11H,10,18H2,1H3. The predicted octanol–water partition coefficient (Wildman–Crippen LogP) is 4.21. The van der Waals surface area contributed by atoms with Crippen LogP contribution in [-0.2, 0) is 6.54 Å². The molecule has 1 aromatic heterocycles. The van der Waals surface area contributed by atoms with E-state index in [-0.39, 0.29) is 0 Å². The monoisotopic (exact) mass is 296 g/mol. The summed E-state index contributed by atoms with van der Waals surface area (Å²) in [6.07, 6.45) is 3.84. The maximum absolute atomic E-state index is 5.93. The molecule has 0 atom stereocenters. The largest absolute Gasteiger partial charge is 0.438 e.